The molecule has 124 heavy (non-hydrogen) atoms. The first-order chi connectivity index (χ1) is 59.1. The molecule has 0 aromatic carbocycles. The van der Waals surface area contributed by atoms with Crippen molar-refractivity contribution >= 4 is 114 Å². The molecule has 0 aliphatic rings. The van der Waals surface area contributed by atoms with Gasteiger partial charge >= 0.3 is 31.6 Å². The number of unbranched alkanes of at least 4 members (excludes halogenated alkanes) is 40. The molecular formula is C96H216F4O12P4S8. The van der Waals surface area contributed by atoms with Crippen molar-refractivity contribution in [2.45, 2.75) is 474 Å². The highest BCUT2D eigenvalue weighted by atomic mass is 32.3. The van der Waals surface area contributed by atoms with Gasteiger partial charge in [0, 0.05) is 0 Å². The molecule has 0 aliphatic carbocycles. The summed E-state index contributed by atoms with van der Waals surface area (Å²) in [6.45, 7) is 50.5. The molecule has 0 rings (SSSR count). The molecule has 0 N–H and O–H groups in total. The minimum absolute atomic E-state index is 0.744. The Morgan fingerprint density at radius 1 is 0.137 bits per heavy atom. The summed E-state index contributed by atoms with van der Waals surface area (Å²) >= 11 is 0. The Labute approximate surface area is 786 Å². The second-order valence-corrected chi connectivity index (χ2v) is 70.6. The average Bonchev–Trinajstić information content (AvgIpc) is 0.828. The number of halogens is 4. The summed E-state index contributed by atoms with van der Waals surface area (Å²) in [5.74, 6) is 18.6. The second-order valence-electron chi connectivity index (χ2n) is 34.4. The highest BCUT2D eigenvalue weighted by Gasteiger charge is 2.45. The van der Waals surface area contributed by atoms with Gasteiger partial charge in [0.25, 0.3) is 0 Å². The van der Waals surface area contributed by atoms with Gasteiger partial charge in [0.1, 0.15) is 0 Å². The van der Waals surface area contributed by atoms with E-state index in [2.05, 4.69) is 55.4 Å². The summed E-state index contributed by atoms with van der Waals surface area (Å²) < 4.78 is 160. The van der Waals surface area contributed by atoms with Gasteiger partial charge in [-0.15, -0.1) is 99.3 Å². The third-order valence-corrected chi connectivity index (χ3v) is 66.3. The second kappa shape index (κ2) is 82.1. The quantitative estimate of drug-likeness (QED) is 0.0325. The summed E-state index contributed by atoms with van der Waals surface area (Å²) in [4.78, 5) is 0. The molecule has 0 fully saturated rings. The Morgan fingerprint density at radius 2 is 0.210 bits per heavy atom. The highest BCUT2D eigenvalue weighted by Crippen LogP contribution is 2.77. The van der Waals surface area contributed by atoms with Gasteiger partial charge in [-0.25, -0.2) is 50.0 Å². The summed E-state index contributed by atoms with van der Waals surface area (Å²) in [5.41, 5.74) is 0. The third-order valence-electron chi connectivity index (χ3n) is 25.4. The first-order valence-electron chi connectivity index (χ1n) is 52.1. The van der Waals surface area contributed by atoms with Gasteiger partial charge < -0.3 is 0 Å². The molecule has 768 valence electrons. The van der Waals surface area contributed by atoms with Gasteiger partial charge in [0.15, 0.2) is 0 Å². The fraction of sp³-hybridized carbons (Fsp3) is 1.00. The summed E-state index contributed by atoms with van der Waals surface area (Å²) in [6.07, 6.45) is 57.4. The maximum Gasteiger partial charge on any atom is 0.532 e. The normalized spacial score (nSPS) is 14.2. The molecule has 0 aromatic heterocycles. The van der Waals surface area contributed by atoms with E-state index in [0.29, 0.717) is 0 Å². The van der Waals surface area contributed by atoms with E-state index >= 15 is 16.8 Å². The van der Waals surface area contributed by atoms with E-state index in [4.69, 9.17) is 31.8 Å². The average molecular weight is 2020 g/mol. The number of rotatable bonds is 88. The van der Waals surface area contributed by atoms with Crippen LogP contribution in [0.4, 0.5) is 16.8 Å². The van der Waals surface area contributed by atoms with Gasteiger partial charge in [-0.3, -0.25) is 0 Å². The molecule has 0 radical (unpaired) electrons. The molecule has 0 spiro atoms. The van der Waals surface area contributed by atoms with Crippen LogP contribution in [0.5, 0.6) is 0 Å². The first-order valence-corrected chi connectivity index (χ1v) is 74.4. The Kier molecular flexibility index (Phi) is 88.3. The van der Waals surface area contributed by atoms with Gasteiger partial charge in [-0.1, -0.05) is 423 Å². The van der Waals surface area contributed by atoms with Crippen LogP contribution in [0, 0.1) is 0 Å². The van der Waals surface area contributed by atoms with Crippen LogP contribution in [0.15, 0.2) is 0 Å². The van der Waals surface area contributed by atoms with E-state index in [0.717, 1.165) is 241 Å². The monoisotopic (exact) mass is 2020 g/mol. The molecule has 0 aromatic rings. The fourth-order valence-corrected chi connectivity index (χ4v) is 52.0. The van der Waals surface area contributed by atoms with E-state index in [1.165, 1.54) is 205 Å². The van der Waals surface area contributed by atoms with Crippen molar-refractivity contribution in [3.05, 3.63) is 0 Å². The van der Waals surface area contributed by atoms with Crippen molar-refractivity contribution in [3.63, 3.8) is 0 Å². The summed E-state index contributed by atoms with van der Waals surface area (Å²) in [7, 11) is -31.8. The Morgan fingerprint density at radius 3 is 0.282 bits per heavy atom. The van der Waals surface area contributed by atoms with Crippen LogP contribution < -0.4 is 0 Å². The van der Waals surface area contributed by atoms with Crippen LogP contribution in [0.25, 0.3) is 0 Å². The number of hydrogen-bond acceptors (Lipinski definition) is 12. The molecule has 0 unspecified atom stereocenters. The van der Waals surface area contributed by atoms with E-state index in [9.17, 15) is 18.3 Å². The Bertz CT molecular complexity index is 2070. The standard InChI is InChI=1S/4C24H54FO3PS2/c4*1-7-13-15-17-19-21-23-30(9-3,10-4)27-29(25,26)28-31(11-5,12-6)24-22-20-18-16-14-8-2/h4*7-24H2,1-6H3. The fourth-order valence-electron chi connectivity index (χ4n) is 15.8. The maximum atomic E-state index is 15.3. The third kappa shape index (κ3) is 65.8. The minimum atomic E-state index is -4.56. The zero-order valence-corrected chi connectivity index (χ0v) is 96.5. The predicted octanol–water partition coefficient (Wildman–Crippen LogP) is 41.3. The van der Waals surface area contributed by atoms with Crippen molar-refractivity contribution < 1.29 is 66.8 Å². The molecule has 28 heteroatoms. The molecule has 0 saturated heterocycles. The van der Waals surface area contributed by atoms with Crippen LogP contribution in [0.1, 0.15) is 474 Å². The van der Waals surface area contributed by atoms with Gasteiger partial charge in [-0.05, 0) is 189 Å². The van der Waals surface area contributed by atoms with Crippen molar-refractivity contribution in [1.29, 1.82) is 0 Å². The smallest absolute Gasteiger partial charge is 0.233 e. The Hall–Kier alpha value is 3.12. The van der Waals surface area contributed by atoms with Crippen molar-refractivity contribution in [3.8, 4) is 0 Å². The van der Waals surface area contributed by atoms with Crippen molar-refractivity contribution in [2.24, 2.45) is 0 Å². The van der Waals surface area contributed by atoms with Crippen LogP contribution in [-0.4, -0.2) is 138 Å². The molecular weight excluding hydrogens is 1800 g/mol. The lowest BCUT2D eigenvalue weighted by Crippen LogP contribution is -2.17. The molecule has 0 bridgehead atoms. The number of hydrogen-bond donors (Lipinski definition) is 0. The topological polar surface area (TPSA) is 142 Å². The molecule has 0 heterocycles. The zero-order valence-electron chi connectivity index (χ0n) is 86.4. The molecule has 0 aliphatic heterocycles. The van der Waals surface area contributed by atoms with Crippen LogP contribution >= 0.6 is 114 Å². The lowest BCUT2D eigenvalue weighted by Gasteiger charge is -2.42. The van der Waals surface area contributed by atoms with Gasteiger partial charge in [-0.2, -0.15) is 0 Å². The van der Waals surface area contributed by atoms with Crippen molar-refractivity contribution in [2.75, 3.05) is 138 Å². The molecule has 0 atom stereocenters. The predicted molar refractivity (Wildman–Crippen MR) is 579 cm³/mol. The minimum Gasteiger partial charge on any atom is -0.233 e. The lowest BCUT2D eigenvalue weighted by molar-refractivity contribution is 0.362. The summed E-state index contributed by atoms with van der Waals surface area (Å²) in [6, 6.07) is 0. The summed E-state index contributed by atoms with van der Waals surface area (Å²) in [5, 5.41) is 0. The van der Waals surface area contributed by atoms with Gasteiger partial charge in [0.2, 0.25) is 0 Å². The van der Waals surface area contributed by atoms with Crippen LogP contribution in [-0.2, 0) is 50.0 Å². The largest absolute Gasteiger partial charge is 0.532 e. The van der Waals surface area contributed by atoms with E-state index in [1.807, 2.05) is 111 Å². The Balaban J connectivity index is -0.000000774. The van der Waals surface area contributed by atoms with E-state index in [-0.39, 0.29) is 0 Å². The van der Waals surface area contributed by atoms with Gasteiger partial charge in [0.05, 0.1) is 0 Å². The van der Waals surface area contributed by atoms with E-state index < -0.39 is 114 Å². The van der Waals surface area contributed by atoms with Crippen LogP contribution in [0.3, 0.4) is 0 Å². The zero-order chi connectivity index (χ0) is 94.6. The van der Waals surface area contributed by atoms with Crippen LogP contribution in [0.2, 0.25) is 0 Å². The first kappa shape index (κ1) is 133. The maximum absolute atomic E-state index is 15.3. The van der Waals surface area contributed by atoms with Crippen molar-refractivity contribution in [1.82, 2.24) is 0 Å². The molecule has 0 saturated carbocycles. The highest BCUT2D eigenvalue weighted by molar-refractivity contribution is 8.35. The van der Waals surface area contributed by atoms with E-state index in [1.54, 1.807) is 0 Å². The lowest BCUT2D eigenvalue weighted by atomic mass is 10.1. The molecule has 0 amide bonds. The molecule has 12 nitrogen and oxygen atoms in total. The SMILES string of the molecule is CCCCCCCCS(CC)(CC)OP(=O)(F)OS(CC)(CC)CCCCCCCC.CCCCCCCCS(CC)(CC)OP(=O)(F)OS(CC)(CC)CCCCCCCC.CCCCCCCCS(CC)(CC)OP(=O)(F)OS(CC)(CC)CCCCCCCC.CCCCCCCCS(CC)(CC)OP(=O)(F)OS(CC)(CC)CCCCCCCC.